The van der Waals surface area contributed by atoms with Crippen molar-refractivity contribution in [3.8, 4) is 6.07 Å². The van der Waals surface area contributed by atoms with Gasteiger partial charge in [0.15, 0.2) is 0 Å². The molecule has 1 aromatic rings. The SMILES string of the molecule is CCC(CNc1nc(C(F)(F)F)ccc1C#N)CC(=O)O. The molecule has 1 unspecified atom stereocenters. The lowest BCUT2D eigenvalue weighted by Crippen LogP contribution is -2.19. The largest absolute Gasteiger partial charge is 0.481 e. The first kappa shape index (κ1) is 16.8. The van der Waals surface area contributed by atoms with Crippen molar-refractivity contribution in [3.63, 3.8) is 0 Å². The van der Waals surface area contributed by atoms with Crippen LogP contribution in [-0.4, -0.2) is 22.6 Å². The Morgan fingerprint density at radius 3 is 2.67 bits per heavy atom. The number of carboxylic acids is 1. The van der Waals surface area contributed by atoms with Gasteiger partial charge in [0.2, 0.25) is 0 Å². The van der Waals surface area contributed by atoms with E-state index < -0.39 is 17.8 Å². The van der Waals surface area contributed by atoms with Crippen LogP contribution < -0.4 is 5.32 Å². The quantitative estimate of drug-likeness (QED) is 0.843. The number of halogens is 3. The summed E-state index contributed by atoms with van der Waals surface area (Å²) in [6, 6.07) is 3.52. The molecule has 0 bridgehead atoms. The topological polar surface area (TPSA) is 86.0 Å². The minimum Gasteiger partial charge on any atom is -0.481 e. The fraction of sp³-hybridized carbons (Fsp3) is 0.462. The highest BCUT2D eigenvalue weighted by molar-refractivity contribution is 5.67. The van der Waals surface area contributed by atoms with Gasteiger partial charge in [-0.05, 0) is 18.1 Å². The molecule has 1 aromatic heterocycles. The maximum atomic E-state index is 12.6. The minimum atomic E-state index is -4.60. The first-order valence-corrected chi connectivity index (χ1v) is 6.22. The van der Waals surface area contributed by atoms with Crippen LogP contribution in [0.15, 0.2) is 12.1 Å². The molecule has 0 spiro atoms. The number of aliphatic carboxylic acids is 1. The van der Waals surface area contributed by atoms with Crippen molar-refractivity contribution in [2.45, 2.75) is 25.9 Å². The van der Waals surface area contributed by atoms with E-state index in [-0.39, 0.29) is 30.3 Å². The van der Waals surface area contributed by atoms with Crippen LogP contribution in [0.1, 0.15) is 31.0 Å². The number of alkyl halides is 3. The summed E-state index contributed by atoms with van der Waals surface area (Å²) >= 11 is 0. The Bertz CT molecular complexity index is 553. The maximum Gasteiger partial charge on any atom is 0.433 e. The predicted molar refractivity (Wildman–Crippen MR) is 68.5 cm³/mol. The number of carbonyl (C=O) groups is 1. The maximum absolute atomic E-state index is 12.6. The van der Waals surface area contributed by atoms with Gasteiger partial charge in [0.1, 0.15) is 17.6 Å². The van der Waals surface area contributed by atoms with Crippen LogP contribution in [0.2, 0.25) is 0 Å². The smallest absolute Gasteiger partial charge is 0.433 e. The molecule has 0 radical (unpaired) electrons. The highest BCUT2D eigenvalue weighted by Gasteiger charge is 2.33. The highest BCUT2D eigenvalue weighted by atomic mass is 19.4. The first-order chi connectivity index (χ1) is 9.77. The number of hydrogen-bond donors (Lipinski definition) is 2. The minimum absolute atomic E-state index is 0.0202. The number of hydrogen-bond acceptors (Lipinski definition) is 4. The van der Waals surface area contributed by atoms with E-state index in [2.05, 4.69) is 10.3 Å². The summed E-state index contributed by atoms with van der Waals surface area (Å²) in [5.74, 6) is -1.43. The summed E-state index contributed by atoms with van der Waals surface area (Å²) < 4.78 is 37.8. The normalized spacial score (nSPS) is 12.5. The lowest BCUT2D eigenvalue weighted by Gasteiger charge is -2.15. The van der Waals surface area contributed by atoms with Crippen LogP contribution in [0, 0.1) is 17.2 Å². The summed E-state index contributed by atoms with van der Waals surface area (Å²) in [4.78, 5) is 14.0. The molecule has 0 saturated heterocycles. The monoisotopic (exact) mass is 301 g/mol. The number of nitriles is 1. The van der Waals surface area contributed by atoms with Crippen LogP contribution in [-0.2, 0) is 11.0 Å². The molecule has 5 nitrogen and oxygen atoms in total. The van der Waals surface area contributed by atoms with Gasteiger partial charge in [-0.1, -0.05) is 13.3 Å². The molecular formula is C13H14F3N3O2. The van der Waals surface area contributed by atoms with Crippen LogP contribution in [0.3, 0.4) is 0 Å². The summed E-state index contributed by atoms with van der Waals surface area (Å²) in [7, 11) is 0. The van der Waals surface area contributed by atoms with Gasteiger partial charge < -0.3 is 10.4 Å². The molecule has 0 fully saturated rings. The van der Waals surface area contributed by atoms with E-state index in [1.165, 1.54) is 0 Å². The van der Waals surface area contributed by atoms with Crippen molar-refractivity contribution in [3.05, 3.63) is 23.4 Å². The number of pyridine rings is 1. The Labute approximate surface area is 119 Å². The number of aromatic nitrogens is 1. The van der Waals surface area contributed by atoms with E-state index in [0.29, 0.717) is 6.42 Å². The van der Waals surface area contributed by atoms with Gasteiger partial charge >= 0.3 is 12.1 Å². The van der Waals surface area contributed by atoms with Crippen molar-refractivity contribution >= 4 is 11.8 Å². The molecule has 0 aliphatic heterocycles. The van der Waals surface area contributed by atoms with E-state index in [4.69, 9.17) is 10.4 Å². The predicted octanol–water partition coefficient (Wildman–Crippen LogP) is 2.88. The van der Waals surface area contributed by atoms with Crippen LogP contribution >= 0.6 is 0 Å². The first-order valence-electron chi connectivity index (χ1n) is 6.22. The zero-order chi connectivity index (χ0) is 16.0. The van der Waals surface area contributed by atoms with E-state index in [1.54, 1.807) is 13.0 Å². The van der Waals surface area contributed by atoms with Crippen molar-refractivity contribution < 1.29 is 23.1 Å². The van der Waals surface area contributed by atoms with Crippen molar-refractivity contribution in [2.24, 2.45) is 5.92 Å². The Hall–Kier alpha value is -2.30. The van der Waals surface area contributed by atoms with Crippen LogP contribution in [0.5, 0.6) is 0 Å². The summed E-state index contributed by atoms with van der Waals surface area (Å²) in [6.45, 7) is 1.91. The lowest BCUT2D eigenvalue weighted by molar-refractivity contribution is -0.141. The summed E-state index contributed by atoms with van der Waals surface area (Å²) in [5.41, 5.74) is -1.12. The molecule has 1 atom stereocenters. The van der Waals surface area contributed by atoms with Gasteiger partial charge in [-0.2, -0.15) is 18.4 Å². The number of anilines is 1. The number of nitrogens with zero attached hydrogens (tertiary/aromatic N) is 2. The van der Waals surface area contributed by atoms with Gasteiger partial charge in [-0.3, -0.25) is 4.79 Å². The third-order valence-electron chi connectivity index (χ3n) is 2.90. The third-order valence-corrected chi connectivity index (χ3v) is 2.90. The summed E-state index contributed by atoms with van der Waals surface area (Å²) in [6.07, 6.45) is -4.17. The molecule has 21 heavy (non-hydrogen) atoms. The Morgan fingerprint density at radius 2 is 2.19 bits per heavy atom. The van der Waals surface area contributed by atoms with Crippen LogP contribution in [0.4, 0.5) is 19.0 Å². The van der Waals surface area contributed by atoms with E-state index in [0.717, 1.165) is 12.1 Å². The molecule has 1 heterocycles. The molecule has 1 rings (SSSR count). The highest BCUT2D eigenvalue weighted by Crippen LogP contribution is 2.29. The molecule has 0 aliphatic carbocycles. The third kappa shape index (κ3) is 4.95. The molecule has 114 valence electrons. The molecule has 0 amide bonds. The van der Waals surface area contributed by atoms with Gasteiger partial charge in [0, 0.05) is 13.0 Å². The number of nitrogens with one attached hydrogen (secondary N) is 1. The van der Waals surface area contributed by atoms with E-state index >= 15 is 0 Å². The lowest BCUT2D eigenvalue weighted by atomic mass is 10.0. The summed E-state index contributed by atoms with van der Waals surface area (Å²) in [5, 5.41) is 20.2. The number of rotatable bonds is 6. The molecule has 2 N–H and O–H groups in total. The van der Waals surface area contributed by atoms with Gasteiger partial charge in [-0.15, -0.1) is 0 Å². The molecule has 8 heteroatoms. The average Bonchev–Trinajstić information content (AvgIpc) is 2.41. The van der Waals surface area contributed by atoms with E-state index in [9.17, 15) is 18.0 Å². The van der Waals surface area contributed by atoms with Crippen LogP contribution in [0.25, 0.3) is 0 Å². The Morgan fingerprint density at radius 1 is 1.52 bits per heavy atom. The second-order valence-corrected chi connectivity index (χ2v) is 4.46. The van der Waals surface area contributed by atoms with Gasteiger partial charge in [-0.25, -0.2) is 4.98 Å². The van der Waals surface area contributed by atoms with E-state index in [1.807, 2.05) is 0 Å². The van der Waals surface area contributed by atoms with Crippen molar-refractivity contribution in [1.29, 1.82) is 5.26 Å². The van der Waals surface area contributed by atoms with Crippen molar-refractivity contribution in [1.82, 2.24) is 4.98 Å². The number of carboxylic acid groups (broad SMARTS) is 1. The molecule has 0 aliphatic rings. The Balaban J connectivity index is 2.90. The average molecular weight is 301 g/mol. The zero-order valence-electron chi connectivity index (χ0n) is 11.2. The second kappa shape index (κ2) is 6.92. The second-order valence-electron chi connectivity index (χ2n) is 4.46. The molecule has 0 saturated carbocycles. The Kier molecular flexibility index (Phi) is 5.52. The standard InChI is InChI=1S/C13H14F3N3O2/c1-2-8(5-11(20)21)7-18-12-9(6-17)3-4-10(19-12)13(14,15)16/h3-4,8H,2,5,7H2,1H3,(H,18,19)(H,20,21). The van der Waals surface area contributed by atoms with Gasteiger partial charge in [0.25, 0.3) is 0 Å². The fourth-order valence-electron chi connectivity index (χ4n) is 1.69. The zero-order valence-corrected chi connectivity index (χ0v) is 11.2. The molecular weight excluding hydrogens is 287 g/mol. The van der Waals surface area contributed by atoms with Crippen molar-refractivity contribution in [2.75, 3.05) is 11.9 Å². The van der Waals surface area contributed by atoms with Gasteiger partial charge in [0.05, 0.1) is 5.56 Å². The molecule has 0 aromatic carbocycles. The fourth-order valence-corrected chi connectivity index (χ4v) is 1.69.